The Morgan fingerprint density at radius 3 is 2.70 bits per heavy atom. The second kappa shape index (κ2) is 7.66. The summed E-state index contributed by atoms with van der Waals surface area (Å²) in [5.41, 5.74) is 9.07. The zero-order valence-electron chi connectivity index (χ0n) is 14.8. The largest absolute Gasteiger partial charge is 0.371 e. The minimum absolute atomic E-state index is 0.297. The lowest BCUT2D eigenvalue weighted by Gasteiger charge is -2.44. The van der Waals surface area contributed by atoms with Crippen LogP contribution in [0, 0.1) is 0 Å². The zero-order valence-corrected chi connectivity index (χ0v) is 16.3. The van der Waals surface area contributed by atoms with E-state index in [1.165, 1.54) is 0 Å². The van der Waals surface area contributed by atoms with Gasteiger partial charge in [0.25, 0.3) is 0 Å². The Morgan fingerprint density at radius 2 is 1.93 bits per heavy atom. The number of aliphatic imine (C=N–C) groups is 1. The van der Waals surface area contributed by atoms with Gasteiger partial charge in [0.05, 0.1) is 16.2 Å². The van der Waals surface area contributed by atoms with Crippen LogP contribution < -0.4 is 22.0 Å². The summed E-state index contributed by atoms with van der Waals surface area (Å²) in [6.45, 7) is 2.20. The van der Waals surface area contributed by atoms with E-state index in [1.54, 1.807) is 0 Å². The molecule has 1 spiro atoms. The van der Waals surface area contributed by atoms with Gasteiger partial charge in [-0.25, -0.2) is 15.4 Å². The molecule has 0 aliphatic carbocycles. The molecule has 1 saturated heterocycles. The van der Waals surface area contributed by atoms with Gasteiger partial charge < -0.3 is 10.7 Å². The molecule has 2 aromatic rings. The van der Waals surface area contributed by atoms with Crippen LogP contribution in [0.5, 0.6) is 0 Å². The van der Waals surface area contributed by atoms with Gasteiger partial charge in [-0.15, -0.1) is 0 Å². The SMILES string of the molecule is NN1CCC2(CC1)Nc1cccc(Cl)c1N=C2NNCc1cccc(Cl)c1. The van der Waals surface area contributed by atoms with E-state index >= 15 is 0 Å². The third kappa shape index (κ3) is 3.90. The number of para-hydroxylation sites is 1. The van der Waals surface area contributed by atoms with Gasteiger partial charge in [0, 0.05) is 24.7 Å². The van der Waals surface area contributed by atoms with Gasteiger partial charge in [-0.2, -0.15) is 0 Å². The molecule has 0 aromatic heterocycles. The Kier molecular flexibility index (Phi) is 5.25. The highest BCUT2D eigenvalue weighted by molar-refractivity contribution is 6.34. The third-order valence-corrected chi connectivity index (χ3v) is 5.62. The van der Waals surface area contributed by atoms with E-state index < -0.39 is 0 Å². The molecule has 6 nitrogen and oxygen atoms in total. The Labute approximate surface area is 168 Å². The fraction of sp³-hybridized carbons (Fsp3) is 0.316. The number of piperidine rings is 1. The maximum atomic E-state index is 6.37. The first-order chi connectivity index (χ1) is 13.1. The van der Waals surface area contributed by atoms with Gasteiger partial charge in [0.1, 0.15) is 11.5 Å². The van der Waals surface area contributed by atoms with Crippen LogP contribution >= 0.6 is 23.2 Å². The number of anilines is 1. The molecule has 0 atom stereocenters. The molecule has 0 radical (unpaired) electrons. The summed E-state index contributed by atoms with van der Waals surface area (Å²) in [5.74, 6) is 6.81. The maximum Gasteiger partial charge on any atom is 0.142 e. The molecule has 2 aromatic carbocycles. The number of benzene rings is 2. The highest BCUT2D eigenvalue weighted by Gasteiger charge is 2.42. The van der Waals surface area contributed by atoms with Crippen molar-refractivity contribution < 1.29 is 0 Å². The van der Waals surface area contributed by atoms with E-state index in [-0.39, 0.29) is 5.54 Å². The molecular weight excluding hydrogens is 383 g/mol. The van der Waals surface area contributed by atoms with Crippen molar-refractivity contribution in [1.29, 1.82) is 0 Å². The highest BCUT2D eigenvalue weighted by atomic mass is 35.5. The van der Waals surface area contributed by atoms with Gasteiger partial charge in [-0.05, 0) is 42.7 Å². The van der Waals surface area contributed by atoms with E-state index in [2.05, 4.69) is 16.2 Å². The number of hydrogen-bond acceptors (Lipinski definition) is 6. The van der Waals surface area contributed by atoms with E-state index in [0.29, 0.717) is 11.6 Å². The van der Waals surface area contributed by atoms with Crippen LogP contribution in [0.3, 0.4) is 0 Å². The molecule has 2 aliphatic heterocycles. The molecule has 27 heavy (non-hydrogen) atoms. The molecule has 4 rings (SSSR count). The maximum absolute atomic E-state index is 6.37. The normalized spacial score (nSPS) is 18.6. The summed E-state index contributed by atoms with van der Waals surface area (Å²) < 4.78 is 0. The summed E-state index contributed by atoms with van der Waals surface area (Å²) in [4.78, 5) is 4.86. The number of hydrogen-bond donors (Lipinski definition) is 4. The lowest BCUT2D eigenvalue weighted by atomic mass is 9.85. The number of fused-ring (bicyclic) bond motifs is 1. The van der Waals surface area contributed by atoms with E-state index in [9.17, 15) is 0 Å². The van der Waals surface area contributed by atoms with Crippen LogP contribution in [0.15, 0.2) is 47.5 Å². The number of halogens is 2. The van der Waals surface area contributed by atoms with Crippen LogP contribution in [0.2, 0.25) is 10.0 Å². The van der Waals surface area contributed by atoms with Crippen LogP contribution in [0.4, 0.5) is 11.4 Å². The lowest BCUT2D eigenvalue weighted by Crippen LogP contribution is -2.62. The molecule has 1 fully saturated rings. The number of hydrazine groups is 2. The first-order valence-electron chi connectivity index (χ1n) is 8.95. The van der Waals surface area contributed by atoms with Crippen molar-refractivity contribution in [3.05, 3.63) is 58.1 Å². The van der Waals surface area contributed by atoms with E-state index in [1.807, 2.05) is 47.5 Å². The van der Waals surface area contributed by atoms with Crippen molar-refractivity contribution in [2.45, 2.75) is 24.9 Å². The van der Waals surface area contributed by atoms with Gasteiger partial charge in [0.15, 0.2) is 0 Å². The van der Waals surface area contributed by atoms with Crippen molar-refractivity contribution in [2.24, 2.45) is 10.8 Å². The summed E-state index contributed by atoms with van der Waals surface area (Å²) in [7, 11) is 0. The second-order valence-electron chi connectivity index (χ2n) is 6.95. The van der Waals surface area contributed by atoms with Crippen molar-refractivity contribution in [1.82, 2.24) is 15.9 Å². The smallest absolute Gasteiger partial charge is 0.142 e. The van der Waals surface area contributed by atoms with E-state index in [4.69, 9.17) is 34.0 Å². The lowest BCUT2D eigenvalue weighted by molar-refractivity contribution is 0.203. The molecular formula is C19H22Cl2N6. The van der Waals surface area contributed by atoms with Crippen molar-refractivity contribution in [3.63, 3.8) is 0 Å². The second-order valence-corrected chi connectivity index (χ2v) is 7.79. The first kappa shape index (κ1) is 18.5. The van der Waals surface area contributed by atoms with Crippen molar-refractivity contribution in [3.8, 4) is 0 Å². The Hall–Kier alpha value is -1.83. The Bertz CT molecular complexity index is 861. The molecule has 0 saturated carbocycles. The summed E-state index contributed by atoms with van der Waals surface area (Å²) in [6, 6.07) is 13.6. The zero-order chi connectivity index (χ0) is 18.9. The molecule has 2 heterocycles. The minimum Gasteiger partial charge on any atom is -0.371 e. The molecule has 0 unspecified atom stereocenters. The fourth-order valence-corrected chi connectivity index (χ4v) is 3.99. The molecule has 142 valence electrons. The van der Waals surface area contributed by atoms with Crippen LogP contribution in [0.25, 0.3) is 0 Å². The topological polar surface area (TPSA) is 77.7 Å². The number of nitrogens with one attached hydrogen (secondary N) is 3. The quantitative estimate of drug-likeness (QED) is 0.465. The molecule has 2 aliphatic rings. The monoisotopic (exact) mass is 404 g/mol. The average Bonchev–Trinajstić information content (AvgIpc) is 2.65. The molecule has 5 N–H and O–H groups in total. The third-order valence-electron chi connectivity index (χ3n) is 5.08. The Balaban J connectivity index is 1.57. The number of amidine groups is 1. The van der Waals surface area contributed by atoms with Crippen molar-refractivity contribution >= 4 is 40.4 Å². The fourth-order valence-electron chi connectivity index (χ4n) is 3.56. The highest BCUT2D eigenvalue weighted by Crippen LogP contribution is 2.41. The average molecular weight is 405 g/mol. The molecule has 8 heteroatoms. The van der Waals surface area contributed by atoms with Crippen LogP contribution in [-0.4, -0.2) is 29.5 Å². The van der Waals surface area contributed by atoms with E-state index in [0.717, 1.165) is 53.7 Å². The number of nitrogens with two attached hydrogens (primary N) is 1. The van der Waals surface area contributed by atoms with Gasteiger partial charge in [-0.3, -0.25) is 5.84 Å². The summed E-state index contributed by atoms with van der Waals surface area (Å²) in [5, 5.41) is 6.85. The predicted octanol–water partition coefficient (Wildman–Crippen LogP) is 3.45. The summed E-state index contributed by atoms with van der Waals surface area (Å²) >= 11 is 12.4. The first-order valence-corrected chi connectivity index (χ1v) is 9.70. The number of nitrogens with zero attached hydrogens (tertiary/aromatic N) is 2. The predicted molar refractivity (Wildman–Crippen MR) is 111 cm³/mol. The number of rotatable bonds is 3. The van der Waals surface area contributed by atoms with Crippen LogP contribution in [-0.2, 0) is 6.54 Å². The standard InChI is InChI=1S/C19H22Cl2N6/c20-14-4-1-3-13(11-14)12-23-26-18-19(7-9-27(22)10-8-19)25-16-6-2-5-15(21)17(16)24-18/h1-6,11,23,25H,7-10,12,22H2,(H,24,26). The Morgan fingerprint density at radius 1 is 1.15 bits per heavy atom. The van der Waals surface area contributed by atoms with Gasteiger partial charge in [0.2, 0.25) is 0 Å². The molecule has 0 amide bonds. The van der Waals surface area contributed by atoms with Gasteiger partial charge in [-0.1, -0.05) is 41.4 Å². The minimum atomic E-state index is -0.297. The molecule has 0 bridgehead atoms. The summed E-state index contributed by atoms with van der Waals surface area (Å²) in [6.07, 6.45) is 1.69. The van der Waals surface area contributed by atoms with Crippen molar-refractivity contribution in [2.75, 3.05) is 18.4 Å². The van der Waals surface area contributed by atoms with Gasteiger partial charge >= 0.3 is 0 Å². The van der Waals surface area contributed by atoms with Crippen LogP contribution in [0.1, 0.15) is 18.4 Å².